The summed E-state index contributed by atoms with van der Waals surface area (Å²) in [7, 11) is 1.54. The normalized spacial score (nSPS) is 17.8. The van der Waals surface area contributed by atoms with Crippen molar-refractivity contribution in [3.05, 3.63) is 95.3 Å². The summed E-state index contributed by atoms with van der Waals surface area (Å²) >= 11 is 0. The molecule has 1 N–H and O–H groups in total. The number of nitrogens with one attached hydrogen (secondary N) is 1. The molecule has 0 bridgehead atoms. The Kier molecular flexibility index (Phi) is 4.99. The summed E-state index contributed by atoms with van der Waals surface area (Å²) in [5.74, 6) is -0.956. The van der Waals surface area contributed by atoms with Crippen molar-refractivity contribution in [2.24, 2.45) is 0 Å². The minimum atomic E-state index is -0.979. The van der Waals surface area contributed by atoms with Gasteiger partial charge < -0.3 is 14.8 Å². The zero-order valence-corrected chi connectivity index (χ0v) is 15.6. The number of carbonyl (C=O) groups excluding carboxylic acids is 2. The van der Waals surface area contributed by atoms with Gasteiger partial charge in [-0.1, -0.05) is 30.3 Å². The molecule has 0 aliphatic carbocycles. The minimum Gasteiger partial charge on any atom is -0.497 e. The number of hydrogen-bond acceptors (Lipinski definition) is 4. The van der Waals surface area contributed by atoms with Gasteiger partial charge in [0.1, 0.15) is 23.4 Å². The highest BCUT2D eigenvalue weighted by atomic mass is 19.1. The monoisotopic (exact) mass is 391 g/mol. The van der Waals surface area contributed by atoms with Gasteiger partial charge in [-0.2, -0.15) is 0 Å². The van der Waals surface area contributed by atoms with Crippen LogP contribution in [0.25, 0.3) is 0 Å². The van der Waals surface area contributed by atoms with E-state index in [4.69, 9.17) is 9.47 Å². The molecule has 3 aromatic rings. The fourth-order valence-electron chi connectivity index (χ4n) is 3.48. The van der Waals surface area contributed by atoms with Crippen LogP contribution in [0.4, 0.5) is 4.39 Å². The molecule has 5 nitrogen and oxygen atoms in total. The van der Waals surface area contributed by atoms with Crippen LogP contribution in [-0.2, 0) is 4.79 Å². The summed E-state index contributed by atoms with van der Waals surface area (Å²) in [6, 6.07) is 18.6. The topological polar surface area (TPSA) is 64.6 Å². The van der Waals surface area contributed by atoms with E-state index in [-0.39, 0.29) is 5.82 Å². The van der Waals surface area contributed by atoms with E-state index in [9.17, 15) is 14.0 Å². The van der Waals surface area contributed by atoms with E-state index >= 15 is 0 Å². The van der Waals surface area contributed by atoms with Crippen molar-refractivity contribution >= 4 is 11.9 Å². The number of amides is 1. The van der Waals surface area contributed by atoms with Gasteiger partial charge in [0.2, 0.25) is 0 Å². The predicted molar refractivity (Wildman–Crippen MR) is 105 cm³/mol. The first kappa shape index (κ1) is 18.7. The molecule has 3 aromatic carbocycles. The van der Waals surface area contributed by atoms with Crippen LogP contribution in [-0.4, -0.2) is 25.0 Å². The number of esters is 1. The second kappa shape index (κ2) is 7.75. The molecule has 6 heteroatoms. The molecule has 1 aliphatic heterocycles. The lowest BCUT2D eigenvalue weighted by molar-refractivity contribution is -0.138. The summed E-state index contributed by atoms with van der Waals surface area (Å²) in [4.78, 5) is 25.5. The second-order valence-corrected chi connectivity index (χ2v) is 6.67. The number of carbonyl (C=O) groups is 2. The third-order valence-corrected chi connectivity index (χ3v) is 4.90. The Morgan fingerprint density at radius 2 is 1.76 bits per heavy atom. The molecule has 0 fully saturated rings. The van der Waals surface area contributed by atoms with Gasteiger partial charge in [-0.15, -0.1) is 0 Å². The molecule has 0 aromatic heterocycles. The Hall–Kier alpha value is -3.67. The average Bonchev–Trinajstić information content (AvgIpc) is 2.75. The first-order valence-corrected chi connectivity index (χ1v) is 9.08. The summed E-state index contributed by atoms with van der Waals surface area (Å²) in [6.45, 7) is 0. The van der Waals surface area contributed by atoms with Crippen molar-refractivity contribution in [1.29, 1.82) is 0 Å². The van der Waals surface area contributed by atoms with E-state index in [1.807, 2.05) is 0 Å². The van der Waals surface area contributed by atoms with Crippen LogP contribution < -0.4 is 14.8 Å². The molecule has 2 atom stereocenters. The standard InChI is InChI=1S/C23H18FNO4/c1-28-17-11-12-19-18(13-17)20(14-7-9-16(24)10-8-14)21(23(27)29-19)25-22(26)15-5-3-2-4-6-15/h2-13,20-21H,1H3,(H,25,26)/t20-,21-/m0/s1. The van der Waals surface area contributed by atoms with Gasteiger partial charge in [0.25, 0.3) is 5.91 Å². The van der Waals surface area contributed by atoms with Gasteiger partial charge >= 0.3 is 5.97 Å². The van der Waals surface area contributed by atoms with Crippen LogP contribution in [0.5, 0.6) is 11.5 Å². The van der Waals surface area contributed by atoms with E-state index < -0.39 is 23.8 Å². The second-order valence-electron chi connectivity index (χ2n) is 6.67. The van der Waals surface area contributed by atoms with Gasteiger partial charge in [-0.25, -0.2) is 9.18 Å². The Labute approximate surface area is 167 Å². The molecule has 4 rings (SSSR count). The molecular weight excluding hydrogens is 373 g/mol. The van der Waals surface area contributed by atoms with Crippen LogP contribution >= 0.6 is 0 Å². The molecule has 0 radical (unpaired) electrons. The largest absolute Gasteiger partial charge is 0.497 e. The molecule has 1 amide bonds. The molecular formula is C23H18FNO4. The molecule has 29 heavy (non-hydrogen) atoms. The maximum Gasteiger partial charge on any atom is 0.335 e. The maximum atomic E-state index is 13.5. The van der Waals surface area contributed by atoms with Gasteiger partial charge in [-0.05, 0) is 48.0 Å². The Balaban J connectivity index is 1.78. The van der Waals surface area contributed by atoms with E-state index in [0.29, 0.717) is 28.2 Å². The van der Waals surface area contributed by atoms with Crippen molar-refractivity contribution in [1.82, 2.24) is 5.32 Å². The molecule has 1 aliphatic rings. The maximum absolute atomic E-state index is 13.5. The zero-order valence-electron chi connectivity index (χ0n) is 15.6. The number of methoxy groups -OCH3 is 1. The Morgan fingerprint density at radius 3 is 2.45 bits per heavy atom. The summed E-state index contributed by atoms with van der Waals surface area (Å²) in [5, 5.41) is 2.78. The fraction of sp³-hybridized carbons (Fsp3) is 0.130. The fourth-order valence-corrected chi connectivity index (χ4v) is 3.48. The van der Waals surface area contributed by atoms with E-state index in [0.717, 1.165) is 0 Å². The number of benzene rings is 3. The average molecular weight is 391 g/mol. The third-order valence-electron chi connectivity index (χ3n) is 4.90. The highest BCUT2D eigenvalue weighted by Crippen LogP contribution is 2.40. The Bertz CT molecular complexity index is 1050. The molecule has 146 valence electrons. The highest BCUT2D eigenvalue weighted by Gasteiger charge is 2.40. The van der Waals surface area contributed by atoms with E-state index in [1.54, 1.807) is 60.7 Å². The minimum absolute atomic E-state index is 0.385. The van der Waals surface area contributed by atoms with Crippen LogP contribution in [0.1, 0.15) is 27.4 Å². The zero-order chi connectivity index (χ0) is 20.4. The summed E-state index contributed by atoms with van der Waals surface area (Å²) in [5.41, 5.74) is 1.78. The van der Waals surface area contributed by atoms with Crippen molar-refractivity contribution in [3.8, 4) is 11.5 Å². The number of fused-ring (bicyclic) bond motifs is 1. The lowest BCUT2D eigenvalue weighted by Gasteiger charge is -2.33. The van der Waals surface area contributed by atoms with Crippen LogP contribution in [0.15, 0.2) is 72.8 Å². The van der Waals surface area contributed by atoms with Gasteiger partial charge in [-0.3, -0.25) is 4.79 Å². The summed E-state index contributed by atoms with van der Waals surface area (Å²) < 4.78 is 24.3. The van der Waals surface area contributed by atoms with E-state index in [1.165, 1.54) is 19.2 Å². The summed E-state index contributed by atoms with van der Waals surface area (Å²) in [6.07, 6.45) is 0. The van der Waals surface area contributed by atoms with E-state index in [2.05, 4.69) is 5.32 Å². The Morgan fingerprint density at radius 1 is 1.03 bits per heavy atom. The molecule has 0 saturated heterocycles. The molecule has 0 spiro atoms. The lowest BCUT2D eigenvalue weighted by Crippen LogP contribution is -2.49. The molecule has 0 saturated carbocycles. The smallest absolute Gasteiger partial charge is 0.335 e. The van der Waals surface area contributed by atoms with Crippen LogP contribution in [0.2, 0.25) is 0 Å². The first-order valence-electron chi connectivity index (χ1n) is 9.08. The van der Waals surface area contributed by atoms with Crippen LogP contribution in [0, 0.1) is 5.82 Å². The van der Waals surface area contributed by atoms with Crippen molar-refractivity contribution < 1.29 is 23.5 Å². The lowest BCUT2D eigenvalue weighted by atomic mass is 9.82. The van der Waals surface area contributed by atoms with Crippen molar-refractivity contribution in [2.75, 3.05) is 7.11 Å². The predicted octanol–water partition coefficient (Wildman–Crippen LogP) is 3.68. The number of halogens is 1. The first-order chi connectivity index (χ1) is 14.1. The quantitative estimate of drug-likeness (QED) is 0.544. The number of ether oxygens (including phenoxy) is 2. The van der Waals surface area contributed by atoms with Gasteiger partial charge in [0.15, 0.2) is 0 Å². The SMILES string of the molecule is COc1ccc2c(c1)[C@H](c1ccc(F)cc1)[C@H](NC(=O)c1ccccc1)C(=O)O2. The number of hydrogen-bond donors (Lipinski definition) is 1. The van der Waals surface area contributed by atoms with Gasteiger partial charge in [0, 0.05) is 17.0 Å². The van der Waals surface area contributed by atoms with Crippen LogP contribution in [0.3, 0.4) is 0 Å². The van der Waals surface area contributed by atoms with Crippen molar-refractivity contribution in [2.45, 2.75) is 12.0 Å². The van der Waals surface area contributed by atoms with Gasteiger partial charge in [0.05, 0.1) is 7.11 Å². The molecule has 0 unspecified atom stereocenters. The van der Waals surface area contributed by atoms with Crippen molar-refractivity contribution in [3.63, 3.8) is 0 Å². The highest BCUT2D eigenvalue weighted by molar-refractivity contribution is 5.98. The molecule has 1 heterocycles. The third kappa shape index (κ3) is 3.69. The number of rotatable bonds is 4.